The van der Waals surface area contributed by atoms with Gasteiger partial charge in [0.15, 0.2) is 24.8 Å². The second-order valence-electron chi connectivity index (χ2n) is 25.8. The molecule has 30 heteroatoms. The lowest BCUT2D eigenvalue weighted by atomic mass is 9.96. The molecule has 0 atom stereocenters. The topological polar surface area (TPSA) is 270 Å². The molecule has 20 nitrogen and oxygen atoms in total. The van der Waals surface area contributed by atoms with Gasteiger partial charge in [-0.1, -0.05) is 71.7 Å². The molecule has 0 spiro atoms. The minimum atomic E-state index is -4.60. The van der Waals surface area contributed by atoms with E-state index in [0.717, 1.165) is 62.5 Å². The molecule has 532 valence electrons. The molecule has 4 aliphatic rings. The van der Waals surface area contributed by atoms with Crippen molar-refractivity contribution < 1.29 is 73.4 Å². The maximum atomic E-state index is 13.1. The molecular weight excluding hydrogens is 1380 g/mol. The van der Waals surface area contributed by atoms with Crippen molar-refractivity contribution in [1.29, 1.82) is 0 Å². The van der Waals surface area contributed by atoms with Gasteiger partial charge in [-0.2, -0.15) is 56.2 Å². The Morgan fingerprint density at radius 1 is 0.422 bits per heavy atom. The van der Waals surface area contributed by atoms with E-state index in [1.807, 2.05) is 24.3 Å². The van der Waals surface area contributed by atoms with Crippen LogP contribution < -0.4 is 41.4 Å². The summed E-state index contributed by atoms with van der Waals surface area (Å²) in [5, 5.41) is 18.8. The summed E-state index contributed by atoms with van der Waals surface area (Å²) >= 11 is 12.1. The Bertz CT molecular complexity index is 4080. The molecule has 4 saturated carbocycles. The SMILES string of the molecule is O=C(Cc1ccc(F)cc1)C(=O)NCC1(CCC(=O)c2ccc(Nc3nc(NC4(c5ccc(Cl)cc5)CC4)nc(OCC(F)(F)F)n3)cc2)CC1.O=C(Cc1ccc(F)cc1)C(=O)NCC1(CCC(=O)c2ccc(Nc3nc(NC4(c5ccc(Cl)cc5)CC4)nc(OCC(F)(F)F)n3)cc2)CC1. The van der Waals surface area contributed by atoms with Crippen LogP contribution in [0.4, 0.5) is 70.3 Å². The summed E-state index contributed by atoms with van der Waals surface area (Å²) in [4.78, 5) is 100. The number of ether oxygens (including phenoxy) is 2. The number of carbonyl (C=O) groups excluding carboxylic acids is 6. The molecule has 6 N–H and O–H groups in total. The number of carbonyl (C=O) groups is 6. The van der Waals surface area contributed by atoms with Gasteiger partial charge in [-0.25, -0.2) is 8.78 Å². The maximum Gasteiger partial charge on any atom is 0.422 e. The lowest BCUT2D eigenvalue weighted by Gasteiger charge is -2.19. The van der Waals surface area contributed by atoms with Crippen molar-refractivity contribution in [3.63, 3.8) is 0 Å². The third-order valence-corrected chi connectivity index (χ3v) is 18.4. The van der Waals surface area contributed by atoms with Crippen molar-refractivity contribution in [2.45, 2.75) is 113 Å². The predicted molar refractivity (Wildman–Crippen MR) is 361 cm³/mol. The quantitative estimate of drug-likeness (QED) is 0.0130. The second-order valence-corrected chi connectivity index (χ2v) is 26.7. The number of Topliss-reactive ketones (excluding diaryl/α,β-unsaturated/α-hetero) is 4. The molecule has 0 aliphatic heterocycles. The maximum absolute atomic E-state index is 13.1. The lowest BCUT2D eigenvalue weighted by molar-refractivity contribution is -0.155. The fraction of sp³-hybridized carbons (Fsp3) is 0.333. The highest BCUT2D eigenvalue weighted by Gasteiger charge is 2.47. The number of hydrogen-bond acceptors (Lipinski definition) is 18. The molecular formula is C72H66Cl2F8N12O8. The monoisotopic (exact) mass is 1450 g/mol. The summed E-state index contributed by atoms with van der Waals surface area (Å²) < 4.78 is 113. The van der Waals surface area contributed by atoms with E-state index in [4.69, 9.17) is 32.7 Å². The lowest BCUT2D eigenvalue weighted by Crippen LogP contribution is -2.36. The summed E-state index contributed by atoms with van der Waals surface area (Å²) in [6.45, 7) is -2.62. The van der Waals surface area contributed by atoms with Crippen molar-refractivity contribution >= 4 is 93.3 Å². The van der Waals surface area contributed by atoms with Crippen LogP contribution in [0, 0.1) is 22.5 Å². The van der Waals surface area contributed by atoms with Crippen LogP contribution in [-0.4, -0.2) is 104 Å². The predicted octanol–water partition coefficient (Wildman–Crippen LogP) is 14.2. The molecule has 0 radical (unpaired) electrons. The number of benzene rings is 6. The molecule has 2 heterocycles. The molecule has 8 aromatic rings. The minimum absolute atomic E-state index is 0.0198. The van der Waals surface area contributed by atoms with Crippen molar-refractivity contribution in [2.75, 3.05) is 47.6 Å². The van der Waals surface area contributed by atoms with E-state index >= 15 is 0 Å². The van der Waals surface area contributed by atoms with Gasteiger partial charge in [-0.3, -0.25) is 28.8 Å². The Morgan fingerprint density at radius 3 is 1.07 bits per heavy atom. The van der Waals surface area contributed by atoms with E-state index in [1.54, 1.807) is 72.8 Å². The largest absolute Gasteiger partial charge is 0.454 e. The van der Waals surface area contributed by atoms with Crippen LogP contribution in [0.1, 0.15) is 120 Å². The number of aromatic nitrogens is 6. The Morgan fingerprint density at radius 2 is 0.755 bits per heavy atom. The van der Waals surface area contributed by atoms with E-state index in [1.165, 1.54) is 48.5 Å². The molecule has 2 amide bonds. The van der Waals surface area contributed by atoms with Crippen molar-refractivity contribution in [3.8, 4) is 12.0 Å². The highest BCUT2D eigenvalue weighted by Crippen LogP contribution is 2.52. The normalized spacial score (nSPS) is 15.4. The Balaban J connectivity index is 0.000000205. The van der Waals surface area contributed by atoms with Gasteiger partial charge in [0.25, 0.3) is 11.8 Å². The summed E-state index contributed by atoms with van der Waals surface area (Å²) in [5.74, 6) is -3.85. The number of ketones is 4. The number of nitrogens with one attached hydrogen (secondary N) is 6. The van der Waals surface area contributed by atoms with Gasteiger partial charge in [-0.15, -0.1) is 0 Å². The molecule has 12 rings (SSSR count). The molecule has 4 aliphatic carbocycles. The van der Waals surface area contributed by atoms with Gasteiger partial charge in [0.2, 0.25) is 35.4 Å². The fourth-order valence-electron chi connectivity index (χ4n) is 11.2. The van der Waals surface area contributed by atoms with Crippen LogP contribution in [0.25, 0.3) is 0 Å². The van der Waals surface area contributed by atoms with Crippen LogP contribution >= 0.6 is 23.2 Å². The van der Waals surface area contributed by atoms with Crippen molar-refractivity contribution in [1.82, 2.24) is 40.5 Å². The standard InChI is InChI=1S/2C36H33ClF4N6O4/c2*37-25-7-5-24(6-8-25)35(17-18-35)47-32-44-31(45-33(46-32)51-21-36(39,40)41)43-27-11-3-23(4-12-27)28(48)13-14-34(15-16-34)20-42-30(50)29(49)19-22-1-9-26(38)10-2-22/h2*1-12H,13-21H2,(H,42,50)(H2,43,44,45,46,47). The van der Waals surface area contributed by atoms with Gasteiger partial charge in [0.05, 0.1) is 11.1 Å². The Kier molecular flexibility index (Phi) is 22.1. The Labute approximate surface area is 589 Å². The smallest absolute Gasteiger partial charge is 0.422 e. The number of halogens is 10. The van der Waals surface area contributed by atoms with E-state index in [2.05, 4.69) is 61.8 Å². The number of amides is 2. The first-order valence-electron chi connectivity index (χ1n) is 32.5. The first-order chi connectivity index (χ1) is 48.6. The van der Waals surface area contributed by atoms with Crippen LogP contribution in [0.2, 0.25) is 10.0 Å². The number of hydrogen-bond donors (Lipinski definition) is 6. The molecule has 0 unspecified atom stereocenters. The second kappa shape index (κ2) is 30.9. The van der Waals surface area contributed by atoms with Crippen molar-refractivity contribution in [3.05, 3.63) is 201 Å². The molecule has 102 heavy (non-hydrogen) atoms. The zero-order chi connectivity index (χ0) is 72.5. The highest BCUT2D eigenvalue weighted by atomic mass is 35.5. The third-order valence-electron chi connectivity index (χ3n) is 17.9. The summed E-state index contributed by atoms with van der Waals surface area (Å²) in [5.41, 5.74) is 3.20. The molecule has 0 bridgehead atoms. The van der Waals surface area contributed by atoms with Gasteiger partial charge < -0.3 is 41.4 Å². The number of alkyl halides is 6. The number of nitrogens with zero attached hydrogens (tertiary/aromatic N) is 6. The first-order valence-corrected chi connectivity index (χ1v) is 33.2. The van der Waals surface area contributed by atoms with Gasteiger partial charge in [0.1, 0.15) is 11.6 Å². The van der Waals surface area contributed by atoms with Crippen molar-refractivity contribution in [2.24, 2.45) is 10.8 Å². The van der Waals surface area contributed by atoms with Crippen LogP contribution in [0.3, 0.4) is 0 Å². The average molecular weight is 1450 g/mol. The van der Waals surface area contributed by atoms with Gasteiger partial charge in [0, 0.05) is 71.3 Å². The number of anilines is 6. The molecule has 4 fully saturated rings. The first kappa shape index (κ1) is 73.0. The van der Waals surface area contributed by atoms with Crippen LogP contribution in [-0.2, 0) is 43.1 Å². The van der Waals surface area contributed by atoms with Gasteiger partial charge >= 0.3 is 24.4 Å². The number of rotatable bonds is 32. The van der Waals surface area contributed by atoms with Gasteiger partial charge in [-0.05, 0) is 194 Å². The summed E-state index contributed by atoms with van der Waals surface area (Å²) in [6.07, 6.45) is -1.75. The fourth-order valence-corrected chi connectivity index (χ4v) is 11.4. The minimum Gasteiger partial charge on any atom is -0.454 e. The van der Waals surface area contributed by atoms with E-state index in [-0.39, 0.29) is 85.0 Å². The molecule has 0 saturated heterocycles. The molecule has 2 aromatic heterocycles. The highest BCUT2D eigenvalue weighted by molar-refractivity contribution is 6.37. The van der Waals surface area contributed by atoms with Crippen LogP contribution in [0.5, 0.6) is 12.0 Å². The zero-order valence-electron chi connectivity index (χ0n) is 54.3. The average Bonchev–Trinajstić information content (AvgIpc) is 1.76. The Hall–Kier alpha value is -10.2. The summed E-state index contributed by atoms with van der Waals surface area (Å²) in [7, 11) is 0. The van der Waals surface area contributed by atoms with E-state index in [0.29, 0.717) is 56.5 Å². The van der Waals surface area contributed by atoms with Crippen LogP contribution in [0.15, 0.2) is 146 Å². The molecule has 6 aromatic carbocycles. The summed E-state index contributed by atoms with van der Waals surface area (Å²) in [6, 6.07) is 37.1. The zero-order valence-corrected chi connectivity index (χ0v) is 55.8. The van der Waals surface area contributed by atoms with E-state index in [9.17, 15) is 63.9 Å². The third kappa shape index (κ3) is 21.0. The van der Waals surface area contributed by atoms with E-state index < -0.39 is 83.7 Å².